The first-order chi connectivity index (χ1) is 15.4. The number of amides is 1. The molecule has 2 aromatic carbocycles. The number of hydrogen-bond acceptors (Lipinski definition) is 4. The second kappa shape index (κ2) is 9.71. The molecule has 2 heterocycles. The maximum absolute atomic E-state index is 13.5. The molecule has 1 aliphatic rings. The average Bonchev–Trinajstić information content (AvgIpc) is 2.84. The van der Waals surface area contributed by atoms with E-state index in [1.54, 1.807) is 71.6 Å². The lowest BCUT2D eigenvalue weighted by Gasteiger charge is -2.27. The molecule has 0 unspecified atom stereocenters. The minimum Gasteiger partial charge on any atom is -0.337 e. The van der Waals surface area contributed by atoms with E-state index in [0.29, 0.717) is 16.4 Å². The number of benzene rings is 2. The molecule has 1 aliphatic heterocycles. The third-order valence-electron chi connectivity index (χ3n) is 5.47. The second-order valence-corrected chi connectivity index (χ2v) is 10.0. The van der Waals surface area contributed by atoms with Crippen molar-refractivity contribution in [3.63, 3.8) is 0 Å². The number of halogens is 1. The molecule has 166 valence electrons. The molecule has 8 heteroatoms. The van der Waals surface area contributed by atoms with E-state index in [4.69, 9.17) is 11.6 Å². The number of nitrogens with zero attached hydrogens (tertiary/aromatic N) is 3. The third-order valence-corrected chi connectivity index (χ3v) is 7.51. The Balaban J connectivity index is 1.66. The molecule has 0 spiro atoms. The van der Waals surface area contributed by atoms with Gasteiger partial charge in [-0.1, -0.05) is 41.9 Å². The topological polar surface area (TPSA) is 70.6 Å². The van der Waals surface area contributed by atoms with Gasteiger partial charge in [0.05, 0.1) is 23.3 Å². The van der Waals surface area contributed by atoms with Crippen molar-refractivity contribution in [1.82, 2.24) is 9.88 Å². The number of rotatable bonds is 6. The first-order valence-electron chi connectivity index (χ1n) is 10.5. The summed E-state index contributed by atoms with van der Waals surface area (Å²) in [5.41, 5.74) is 1.49. The van der Waals surface area contributed by atoms with Gasteiger partial charge in [-0.25, -0.2) is 13.4 Å². The lowest BCUT2D eigenvalue weighted by atomic mass is 10.1. The van der Waals surface area contributed by atoms with Crippen LogP contribution in [-0.2, 0) is 16.6 Å². The largest absolute Gasteiger partial charge is 0.337 e. The molecular weight excluding hydrogens is 446 g/mol. The Bertz CT molecular complexity index is 1160. The molecule has 4 rings (SSSR count). The predicted octanol–water partition coefficient (Wildman–Crippen LogP) is 4.76. The molecule has 0 aliphatic carbocycles. The van der Waals surface area contributed by atoms with E-state index in [1.165, 1.54) is 10.5 Å². The Morgan fingerprint density at radius 1 is 0.938 bits per heavy atom. The maximum atomic E-state index is 13.5. The number of piperidine rings is 1. The number of hydrogen-bond donors (Lipinski definition) is 0. The summed E-state index contributed by atoms with van der Waals surface area (Å²) in [5.74, 6) is -0.119. The van der Waals surface area contributed by atoms with Crippen LogP contribution in [-0.4, -0.2) is 37.3 Å². The summed E-state index contributed by atoms with van der Waals surface area (Å²) >= 11 is 5.98. The first-order valence-corrected chi connectivity index (χ1v) is 12.3. The van der Waals surface area contributed by atoms with Gasteiger partial charge in [0.2, 0.25) is 0 Å². The molecule has 0 radical (unpaired) electrons. The van der Waals surface area contributed by atoms with Crippen molar-refractivity contribution in [2.45, 2.75) is 30.7 Å². The summed E-state index contributed by atoms with van der Waals surface area (Å²) in [6.45, 7) is 1.57. The normalized spacial score (nSPS) is 14.2. The highest BCUT2D eigenvalue weighted by molar-refractivity contribution is 7.92. The van der Waals surface area contributed by atoms with Crippen LogP contribution in [0.2, 0.25) is 5.02 Å². The van der Waals surface area contributed by atoms with Crippen LogP contribution in [0.25, 0.3) is 0 Å². The van der Waals surface area contributed by atoms with Gasteiger partial charge in [-0.3, -0.25) is 9.10 Å². The summed E-state index contributed by atoms with van der Waals surface area (Å²) in [6.07, 6.45) is 4.57. The minimum absolute atomic E-state index is 0.107. The molecule has 0 saturated carbocycles. The first kappa shape index (κ1) is 22.3. The molecule has 0 bridgehead atoms. The van der Waals surface area contributed by atoms with Gasteiger partial charge in [-0.15, -0.1) is 0 Å². The van der Waals surface area contributed by atoms with E-state index < -0.39 is 10.0 Å². The Morgan fingerprint density at radius 3 is 2.25 bits per heavy atom. The molecule has 32 heavy (non-hydrogen) atoms. The molecule has 6 nitrogen and oxygen atoms in total. The lowest BCUT2D eigenvalue weighted by molar-refractivity contribution is 0.0718. The van der Waals surface area contributed by atoms with Crippen LogP contribution < -0.4 is 4.31 Å². The number of carbonyl (C=O) groups is 1. The van der Waals surface area contributed by atoms with Gasteiger partial charge in [-0.2, -0.15) is 0 Å². The standard InChI is InChI=1S/C24H24ClN3O3S/c25-20-11-9-19(10-12-20)18-28(32(30,31)22-7-3-1-4-8-22)21-13-14-23(26-17-21)24(29)27-15-5-2-6-16-27/h1,3-4,7-14,17H,2,5-6,15-16,18H2. The molecule has 1 saturated heterocycles. The van der Waals surface area contributed by atoms with E-state index in [2.05, 4.69) is 4.98 Å². The predicted molar refractivity (Wildman–Crippen MR) is 125 cm³/mol. The van der Waals surface area contributed by atoms with Crippen molar-refractivity contribution < 1.29 is 13.2 Å². The maximum Gasteiger partial charge on any atom is 0.272 e. The highest BCUT2D eigenvalue weighted by Gasteiger charge is 2.26. The highest BCUT2D eigenvalue weighted by atomic mass is 35.5. The second-order valence-electron chi connectivity index (χ2n) is 7.71. The summed E-state index contributed by atoms with van der Waals surface area (Å²) in [6, 6.07) is 18.5. The van der Waals surface area contributed by atoms with Crippen LogP contribution in [0.3, 0.4) is 0 Å². The number of aromatic nitrogens is 1. The van der Waals surface area contributed by atoms with E-state index in [-0.39, 0.29) is 17.3 Å². The van der Waals surface area contributed by atoms with E-state index >= 15 is 0 Å². The third kappa shape index (κ3) is 4.95. The van der Waals surface area contributed by atoms with Gasteiger partial charge in [-0.05, 0) is 61.2 Å². The van der Waals surface area contributed by atoms with Gasteiger partial charge < -0.3 is 4.90 Å². The number of pyridine rings is 1. The summed E-state index contributed by atoms with van der Waals surface area (Å²) in [7, 11) is -3.85. The number of carbonyl (C=O) groups excluding carboxylic acids is 1. The fourth-order valence-electron chi connectivity index (χ4n) is 3.71. The van der Waals surface area contributed by atoms with Crippen LogP contribution in [0.4, 0.5) is 5.69 Å². The molecule has 1 fully saturated rings. The molecule has 0 N–H and O–H groups in total. The van der Waals surface area contributed by atoms with Gasteiger partial charge >= 0.3 is 0 Å². The van der Waals surface area contributed by atoms with Crippen molar-refractivity contribution in [3.8, 4) is 0 Å². The van der Waals surface area contributed by atoms with Crippen molar-refractivity contribution in [1.29, 1.82) is 0 Å². The molecular formula is C24H24ClN3O3S. The molecule has 1 aromatic heterocycles. The van der Waals surface area contributed by atoms with Crippen molar-refractivity contribution in [2.24, 2.45) is 0 Å². The van der Waals surface area contributed by atoms with E-state index in [0.717, 1.165) is 37.9 Å². The van der Waals surface area contributed by atoms with Crippen LogP contribution in [0, 0.1) is 0 Å². The van der Waals surface area contributed by atoms with Gasteiger partial charge in [0, 0.05) is 18.1 Å². The van der Waals surface area contributed by atoms with Gasteiger partial charge in [0.15, 0.2) is 0 Å². The van der Waals surface area contributed by atoms with E-state index in [1.807, 2.05) is 0 Å². The SMILES string of the molecule is O=C(c1ccc(N(Cc2ccc(Cl)cc2)S(=O)(=O)c2ccccc2)cn1)N1CCCCC1. The van der Waals surface area contributed by atoms with Crippen molar-refractivity contribution >= 4 is 33.2 Å². The number of anilines is 1. The Morgan fingerprint density at radius 2 is 1.62 bits per heavy atom. The zero-order chi connectivity index (χ0) is 22.6. The lowest BCUT2D eigenvalue weighted by Crippen LogP contribution is -2.36. The zero-order valence-corrected chi connectivity index (χ0v) is 19.1. The smallest absolute Gasteiger partial charge is 0.272 e. The fraction of sp³-hybridized carbons (Fsp3) is 0.250. The average molecular weight is 470 g/mol. The Hall–Kier alpha value is -2.90. The van der Waals surface area contributed by atoms with Crippen molar-refractivity contribution in [3.05, 3.63) is 89.2 Å². The van der Waals surface area contributed by atoms with E-state index in [9.17, 15) is 13.2 Å². The van der Waals surface area contributed by atoms with Crippen LogP contribution in [0.1, 0.15) is 35.3 Å². The highest BCUT2D eigenvalue weighted by Crippen LogP contribution is 2.26. The monoisotopic (exact) mass is 469 g/mol. The quantitative estimate of drug-likeness (QED) is 0.522. The minimum atomic E-state index is -3.85. The number of likely N-dealkylation sites (tertiary alicyclic amines) is 1. The summed E-state index contributed by atoms with van der Waals surface area (Å²) < 4.78 is 28.2. The Labute approximate surface area is 193 Å². The molecule has 0 atom stereocenters. The van der Waals surface area contributed by atoms with Crippen LogP contribution in [0.5, 0.6) is 0 Å². The molecule has 3 aromatic rings. The van der Waals surface area contributed by atoms with Crippen molar-refractivity contribution in [2.75, 3.05) is 17.4 Å². The number of sulfonamides is 1. The van der Waals surface area contributed by atoms with Gasteiger partial charge in [0.1, 0.15) is 5.69 Å². The van der Waals surface area contributed by atoms with Gasteiger partial charge in [0.25, 0.3) is 15.9 Å². The Kier molecular flexibility index (Phi) is 6.77. The van der Waals surface area contributed by atoms with Crippen LogP contribution in [0.15, 0.2) is 77.8 Å². The zero-order valence-electron chi connectivity index (χ0n) is 17.5. The summed E-state index contributed by atoms with van der Waals surface area (Å²) in [4.78, 5) is 19.0. The fourth-order valence-corrected chi connectivity index (χ4v) is 5.30. The summed E-state index contributed by atoms with van der Waals surface area (Å²) in [5, 5.41) is 0.577. The van der Waals surface area contributed by atoms with Crippen LogP contribution >= 0.6 is 11.6 Å². The molecule has 1 amide bonds.